The Hall–Kier alpha value is -8.25. The molecule has 3 N–H and O–H groups in total. The number of rotatable bonds is 18. The number of ketones is 1. The zero-order valence-corrected chi connectivity index (χ0v) is 71.1. The van der Waals surface area contributed by atoms with Gasteiger partial charge in [0, 0.05) is 65.0 Å². The summed E-state index contributed by atoms with van der Waals surface area (Å²) in [6.45, 7) is 50.6. The molecular weight excluding hydrogens is 1520 g/mol. The Bertz CT molecular complexity index is 3970. The van der Waals surface area contributed by atoms with Crippen molar-refractivity contribution < 1.29 is 116 Å². The Morgan fingerprint density at radius 2 is 0.867 bits per heavy atom. The van der Waals surface area contributed by atoms with Gasteiger partial charge in [0.2, 0.25) is 0 Å². The fourth-order valence-corrected chi connectivity index (χ4v) is 7.91. The van der Waals surface area contributed by atoms with Gasteiger partial charge in [-0.1, -0.05) is 166 Å². The fourth-order valence-electron chi connectivity index (χ4n) is 7.60. The van der Waals surface area contributed by atoms with Gasteiger partial charge >= 0.3 is 87.7 Å². The number of aromatic amines is 1. The van der Waals surface area contributed by atoms with Crippen molar-refractivity contribution in [3.63, 3.8) is 0 Å². The minimum Gasteiger partial charge on any atom is -0.870 e. The number of carbonyl (C=O) groups excluding carboxylic acids is 6. The molecule has 0 aliphatic heterocycles. The normalized spacial score (nSPS) is 11.7. The molecular formula is C76H132F6LiN14O14PS. The van der Waals surface area contributed by atoms with Crippen molar-refractivity contribution in [1.29, 1.82) is 0 Å². The summed E-state index contributed by atoms with van der Waals surface area (Å²) in [6.07, 6.45) is 9.05. The smallest absolute Gasteiger partial charge is 0.870 e. The molecule has 0 aromatic carbocycles. The third kappa shape index (κ3) is 45.4. The van der Waals surface area contributed by atoms with E-state index in [1.807, 2.05) is 138 Å². The third-order valence-corrected chi connectivity index (χ3v) is 14.1. The Balaban J connectivity index is -0.000000237. The van der Waals surface area contributed by atoms with Crippen molar-refractivity contribution >= 4 is 73.1 Å². The van der Waals surface area contributed by atoms with Crippen LogP contribution in [0, 0.1) is 5.41 Å². The van der Waals surface area contributed by atoms with E-state index in [0.717, 1.165) is 28.5 Å². The van der Waals surface area contributed by atoms with Crippen LogP contribution in [0.2, 0.25) is 0 Å². The number of aryl methyl sites for hydroxylation is 1. The first kappa shape index (κ1) is 118. The second kappa shape index (κ2) is 48.2. The number of nitrogens with zero attached hydrogens (tertiary/aromatic N) is 13. The minimum atomic E-state index is -10.7. The second-order valence-electron chi connectivity index (χ2n) is 30.2. The standard InChI is InChI=1S/C17H29N4O2.C15H20N4O2S.C12H18N2O4.C12H20N2O2.C10H16N2O2.C6H12O.4CH4.F6P.Li.H2O/c1-9-23-16(22)14-10-15(17(2,3)4)18-21(14)13(11-19(5)6)12-20(7)8;1-6-21-13(20)11-7-12(15(2,3)4)18-19(11)10-8-16-14(22-5)17-9-10;1-5-18-11(17)8-6-9(12(2,3)4)13-14(8)7-10(15)16;1-6-14-9(11(15)16-7-2)8-10(13-14)12(3,4)5;1-5-14-9(13)7-6-8(12-11-7)10(2,3)4;1-5(7)6(2,3)4;;;;;1-7(2,3,4,5)6;;/h10-12H,9H2,1-8H3;7-9H,6H2,1-5H3;6H,5,7H2,1-4H3,(H,15,16);8H,6-7H2,1-5H3;6H,5H2,1-4H3,(H,11,12);1-4H3;4*1H4;;;1H2/q+1;;;;;;;;;;-1;+1;/p-1. The first-order valence-corrected chi connectivity index (χ1v) is 37.5. The van der Waals surface area contributed by atoms with Crippen LogP contribution in [0.5, 0.6) is 0 Å². The quantitative estimate of drug-likeness (QED) is 0.00929. The number of ether oxygens (including phenoxy) is 5. The molecule has 0 radical (unpaired) electrons. The van der Waals surface area contributed by atoms with Gasteiger partial charge in [-0.25, -0.2) is 52.6 Å². The molecule has 0 spiro atoms. The number of carboxylic acids is 1. The first-order valence-electron chi connectivity index (χ1n) is 34.3. The average Bonchev–Trinajstić information content (AvgIpc) is 1.38. The number of hydrogen-bond donors (Lipinski definition) is 2. The molecule has 0 bridgehead atoms. The Labute approximate surface area is 682 Å². The topological polar surface area (TPSA) is 348 Å². The SMILES string of the molecule is C.C.C.C.CC(=O)C(C)(C)C.CCOC(=O)c1cc(C(C)(C)C)[nH]n1.CCOC(=O)c1cc(C(C)(C)C)nn1-c1cnc(SC)nc1.CCOC(=O)c1cc(C(C)(C)C)nn1/C(C=[N+](C)C)=C\N(C)C.CCOC(=O)c1cc(C(C)(C)C)nn1CC.CCOC(=O)c1cc(C(C)(C)C)nn1CC(=O)O.F[P-](F)(F)(F)(F)F.[Li+].[OH-]. The van der Waals surface area contributed by atoms with Gasteiger partial charge in [-0.3, -0.25) is 19.4 Å². The summed E-state index contributed by atoms with van der Waals surface area (Å²) in [4.78, 5) is 90.8. The van der Waals surface area contributed by atoms with Gasteiger partial charge in [-0.2, -0.15) is 25.5 Å². The van der Waals surface area contributed by atoms with Crippen LogP contribution in [0.3, 0.4) is 0 Å². The van der Waals surface area contributed by atoms with E-state index in [2.05, 4.69) is 103 Å². The molecule has 113 heavy (non-hydrogen) atoms. The molecule has 0 aliphatic rings. The summed E-state index contributed by atoms with van der Waals surface area (Å²) < 4.78 is 92.2. The van der Waals surface area contributed by atoms with Crippen LogP contribution in [0.4, 0.5) is 25.2 Å². The van der Waals surface area contributed by atoms with Gasteiger partial charge in [0.25, 0.3) is 0 Å². The van der Waals surface area contributed by atoms with E-state index in [9.17, 15) is 58.7 Å². The number of aromatic nitrogens is 12. The molecule has 0 atom stereocenters. The van der Waals surface area contributed by atoms with E-state index in [0.29, 0.717) is 72.3 Å². The fraction of sp³-hybridized carbons (Fsp3) is 0.618. The van der Waals surface area contributed by atoms with Crippen molar-refractivity contribution in [2.75, 3.05) is 67.5 Å². The van der Waals surface area contributed by atoms with E-state index in [-0.39, 0.29) is 129 Å². The number of aliphatic carboxylic acids is 1. The molecule has 37 heteroatoms. The maximum atomic E-state index is 12.3. The van der Waals surface area contributed by atoms with Crippen LogP contribution in [-0.4, -0.2) is 195 Å². The van der Waals surface area contributed by atoms with Gasteiger partial charge in [-0.15, -0.1) is 0 Å². The number of allylic oxidation sites excluding steroid dienone is 1. The number of nitrogens with one attached hydrogen (secondary N) is 1. The van der Waals surface area contributed by atoms with E-state index in [1.165, 1.54) is 16.4 Å². The second-order valence-corrected chi connectivity index (χ2v) is 32.9. The number of carboxylic acid groups (broad SMARTS) is 1. The molecule has 6 aromatic rings. The van der Waals surface area contributed by atoms with E-state index >= 15 is 0 Å². The summed E-state index contributed by atoms with van der Waals surface area (Å²) in [5.41, 5.74) is 6.64. The first-order chi connectivity index (χ1) is 48.4. The van der Waals surface area contributed by atoms with Crippen LogP contribution in [0.1, 0.15) is 284 Å². The molecule has 644 valence electrons. The summed E-state index contributed by atoms with van der Waals surface area (Å²) >= 11 is 1.46. The number of H-pyrrole nitrogens is 1. The molecule has 0 saturated heterocycles. The van der Waals surface area contributed by atoms with Gasteiger partial charge < -0.3 is 39.2 Å². The Morgan fingerprint density at radius 3 is 1.19 bits per heavy atom. The summed E-state index contributed by atoms with van der Waals surface area (Å²) in [6, 6.07) is 8.71. The van der Waals surface area contributed by atoms with Crippen LogP contribution in [-0.2, 0) is 73.4 Å². The maximum Gasteiger partial charge on any atom is 1.00 e. The van der Waals surface area contributed by atoms with Gasteiger partial charge in [0.1, 0.15) is 49.2 Å². The zero-order chi connectivity index (χ0) is 83.6. The van der Waals surface area contributed by atoms with Crippen LogP contribution in [0.25, 0.3) is 11.4 Å². The molecule has 6 heterocycles. The largest absolute Gasteiger partial charge is 1.00 e. The minimum absolute atomic E-state index is 0. The summed E-state index contributed by atoms with van der Waals surface area (Å²) in [5.74, 6) is -2.81. The number of halogens is 6. The Morgan fingerprint density at radius 1 is 0.540 bits per heavy atom. The molecule has 0 saturated carbocycles. The van der Waals surface area contributed by atoms with Gasteiger partial charge in [0.15, 0.2) is 28.5 Å². The molecule has 0 amide bonds. The van der Waals surface area contributed by atoms with E-state index < -0.39 is 25.7 Å². The number of carbonyl (C=O) groups is 7. The average molecular weight is 1650 g/mol. The number of thioether (sulfide) groups is 1. The van der Waals surface area contributed by atoms with Crippen LogP contribution < -0.4 is 18.9 Å². The molecule has 28 nitrogen and oxygen atoms in total. The van der Waals surface area contributed by atoms with Gasteiger partial charge in [0.05, 0.1) is 68.2 Å². The number of Topliss-reactive ketones (excluding diaryl/α,β-unsaturated/α-hetero) is 1. The predicted octanol–water partition coefficient (Wildman–Crippen LogP) is 15.0. The summed E-state index contributed by atoms with van der Waals surface area (Å²) in [7, 11) is -2.93. The van der Waals surface area contributed by atoms with Gasteiger partial charge in [-0.05, 0) is 85.1 Å². The maximum absolute atomic E-state index is 12.3. The third-order valence-electron chi connectivity index (χ3n) is 13.6. The van der Waals surface area contributed by atoms with Crippen molar-refractivity contribution in [2.24, 2.45) is 5.41 Å². The van der Waals surface area contributed by atoms with Crippen molar-refractivity contribution in [3.05, 3.63) is 106 Å². The molecule has 0 fully saturated rings. The molecule has 0 aliphatic carbocycles. The Kier molecular flexibility index (Phi) is 50.3. The van der Waals surface area contributed by atoms with Crippen molar-refractivity contribution in [3.8, 4) is 5.69 Å². The molecule has 6 aromatic heterocycles. The van der Waals surface area contributed by atoms with E-state index in [1.54, 1.807) is 86.2 Å². The monoisotopic (exact) mass is 1650 g/mol. The van der Waals surface area contributed by atoms with Crippen molar-refractivity contribution in [1.82, 2.24) is 64.2 Å². The molecule has 0 unspecified atom stereocenters. The summed E-state index contributed by atoms with van der Waals surface area (Å²) in [5, 5.41) is 34.0. The predicted molar refractivity (Wildman–Crippen MR) is 431 cm³/mol. The van der Waals surface area contributed by atoms with Crippen LogP contribution >= 0.6 is 19.6 Å². The van der Waals surface area contributed by atoms with E-state index in [4.69, 9.17) is 28.8 Å². The van der Waals surface area contributed by atoms with Crippen LogP contribution in [0.15, 0.2) is 54.1 Å². The van der Waals surface area contributed by atoms with Crippen molar-refractivity contribution in [2.45, 2.75) is 248 Å². The molecule has 6 rings (SSSR count). The zero-order valence-electron chi connectivity index (χ0n) is 69.4. The number of esters is 5. The number of hydrogen-bond acceptors (Lipinski definition) is 22.